The van der Waals surface area contributed by atoms with Crippen molar-refractivity contribution in [3.63, 3.8) is 0 Å². The van der Waals surface area contributed by atoms with Gasteiger partial charge in [-0.25, -0.2) is 23.5 Å². The molecule has 0 aliphatic carbocycles. The van der Waals surface area contributed by atoms with Crippen LogP contribution in [0.1, 0.15) is 25.6 Å². The molecule has 0 radical (unpaired) electrons. The van der Waals surface area contributed by atoms with E-state index < -0.39 is 10.0 Å². The van der Waals surface area contributed by atoms with E-state index in [1.54, 1.807) is 13.1 Å². The number of hydrogen-bond acceptors (Lipinski definition) is 6. The lowest BCUT2D eigenvalue weighted by atomic mass is 10.2. The molecule has 1 rings (SSSR count). The van der Waals surface area contributed by atoms with Crippen LogP contribution in [0.25, 0.3) is 0 Å². The van der Waals surface area contributed by atoms with Crippen LogP contribution in [0.3, 0.4) is 0 Å². The van der Waals surface area contributed by atoms with Crippen molar-refractivity contribution in [1.29, 1.82) is 0 Å². The number of rotatable bonds is 6. The number of sulfonamides is 1. The Bertz CT molecular complexity index is 501. The molecule has 1 aromatic heterocycles. The number of nitrogens with zero attached hydrogens (tertiary/aromatic N) is 2. The Morgan fingerprint density at radius 1 is 1.33 bits per heavy atom. The highest BCUT2D eigenvalue weighted by atomic mass is 32.2. The molecule has 0 saturated carbocycles. The quantitative estimate of drug-likeness (QED) is 0.689. The van der Waals surface area contributed by atoms with Crippen molar-refractivity contribution in [2.75, 3.05) is 30.0 Å². The minimum absolute atomic E-state index is 0.136. The lowest BCUT2D eigenvalue weighted by molar-refractivity contribution is 0.598. The predicted molar refractivity (Wildman–Crippen MR) is 72.1 cm³/mol. The van der Waals surface area contributed by atoms with Crippen LogP contribution >= 0.6 is 0 Å². The summed E-state index contributed by atoms with van der Waals surface area (Å²) in [5.74, 6) is 2.02. The van der Waals surface area contributed by atoms with Gasteiger partial charge in [0, 0.05) is 25.6 Å². The topological polar surface area (TPSA) is 110 Å². The maximum Gasteiger partial charge on any atom is 0.210 e. The summed E-state index contributed by atoms with van der Waals surface area (Å²) in [6, 6.07) is 1.72. The summed E-state index contributed by atoms with van der Waals surface area (Å²) >= 11 is 0. The highest BCUT2D eigenvalue weighted by molar-refractivity contribution is 7.89. The number of anilines is 2. The lowest BCUT2D eigenvalue weighted by Crippen LogP contribution is -2.22. The summed E-state index contributed by atoms with van der Waals surface area (Å²) in [7, 11) is -1.69. The molecule has 0 bridgehead atoms. The monoisotopic (exact) mass is 273 g/mol. The van der Waals surface area contributed by atoms with Crippen LogP contribution in [0.4, 0.5) is 11.6 Å². The number of nitrogens with two attached hydrogens (primary N) is 1. The third-order valence-corrected chi connectivity index (χ3v) is 2.98. The number of nitrogens with one attached hydrogen (secondary N) is 2. The van der Waals surface area contributed by atoms with Gasteiger partial charge in [-0.3, -0.25) is 0 Å². The van der Waals surface area contributed by atoms with Crippen molar-refractivity contribution in [2.45, 2.75) is 19.8 Å². The second-order valence-electron chi connectivity index (χ2n) is 4.20. The van der Waals surface area contributed by atoms with Gasteiger partial charge in [0.25, 0.3) is 0 Å². The maximum atomic E-state index is 10.8. The van der Waals surface area contributed by atoms with Gasteiger partial charge < -0.3 is 10.6 Å². The number of aromatic nitrogens is 2. The van der Waals surface area contributed by atoms with Crippen LogP contribution in [0.5, 0.6) is 0 Å². The molecule has 0 fully saturated rings. The van der Waals surface area contributed by atoms with Crippen LogP contribution in [0, 0.1) is 0 Å². The van der Waals surface area contributed by atoms with E-state index in [1.165, 1.54) is 0 Å². The Morgan fingerprint density at radius 3 is 2.44 bits per heavy atom. The Morgan fingerprint density at radius 2 is 1.94 bits per heavy atom. The summed E-state index contributed by atoms with van der Waals surface area (Å²) in [5, 5.41) is 10.8. The van der Waals surface area contributed by atoms with E-state index in [4.69, 9.17) is 5.14 Å². The largest absolute Gasteiger partial charge is 0.373 e. The SMILES string of the molecule is CNc1cc(NCCS(N)(=O)=O)nc(C(C)C)n1. The molecule has 0 atom stereocenters. The molecule has 0 aliphatic heterocycles. The van der Waals surface area contributed by atoms with Crippen LogP contribution in [0.15, 0.2) is 6.07 Å². The molecule has 4 N–H and O–H groups in total. The van der Waals surface area contributed by atoms with E-state index in [-0.39, 0.29) is 18.2 Å². The fourth-order valence-electron chi connectivity index (χ4n) is 1.26. The Balaban J connectivity index is 2.78. The minimum Gasteiger partial charge on any atom is -0.373 e. The van der Waals surface area contributed by atoms with Crippen LogP contribution in [-0.4, -0.2) is 37.7 Å². The van der Waals surface area contributed by atoms with Gasteiger partial charge in [-0.15, -0.1) is 0 Å². The van der Waals surface area contributed by atoms with Gasteiger partial charge in [-0.2, -0.15) is 0 Å². The van der Waals surface area contributed by atoms with Gasteiger partial charge in [0.15, 0.2) is 0 Å². The molecule has 1 aromatic rings. The Labute approximate surface area is 107 Å². The third kappa shape index (κ3) is 4.84. The molecule has 8 heteroatoms. The van der Waals surface area contributed by atoms with Gasteiger partial charge in [-0.05, 0) is 0 Å². The number of primary sulfonamides is 1. The summed E-state index contributed by atoms with van der Waals surface area (Å²) in [6.07, 6.45) is 0. The Kier molecular flexibility index (Phi) is 4.85. The van der Waals surface area contributed by atoms with Gasteiger partial charge in [0.1, 0.15) is 17.5 Å². The molecule has 0 aromatic carbocycles. The fraction of sp³-hybridized carbons (Fsp3) is 0.600. The van der Waals surface area contributed by atoms with Crippen molar-refractivity contribution in [3.05, 3.63) is 11.9 Å². The Hall–Kier alpha value is -1.41. The first kappa shape index (κ1) is 14.7. The average Bonchev–Trinajstić information content (AvgIpc) is 2.26. The fourth-order valence-corrected chi connectivity index (χ4v) is 1.65. The molecule has 7 nitrogen and oxygen atoms in total. The van der Waals surface area contributed by atoms with Crippen molar-refractivity contribution in [3.8, 4) is 0 Å². The molecule has 0 spiro atoms. The van der Waals surface area contributed by atoms with Crippen molar-refractivity contribution in [1.82, 2.24) is 9.97 Å². The van der Waals surface area contributed by atoms with Gasteiger partial charge in [-0.1, -0.05) is 13.8 Å². The highest BCUT2D eigenvalue weighted by Gasteiger charge is 2.08. The molecule has 18 heavy (non-hydrogen) atoms. The molecule has 0 saturated heterocycles. The normalized spacial score (nSPS) is 11.6. The minimum atomic E-state index is -3.46. The smallest absolute Gasteiger partial charge is 0.210 e. The molecular weight excluding hydrogens is 254 g/mol. The van der Waals surface area contributed by atoms with Gasteiger partial charge in [0.2, 0.25) is 10.0 Å². The van der Waals surface area contributed by atoms with E-state index in [9.17, 15) is 8.42 Å². The molecule has 102 valence electrons. The van der Waals surface area contributed by atoms with E-state index in [0.29, 0.717) is 17.5 Å². The van der Waals surface area contributed by atoms with Crippen LogP contribution in [0.2, 0.25) is 0 Å². The summed E-state index contributed by atoms with van der Waals surface area (Å²) in [5.41, 5.74) is 0. The van der Waals surface area contributed by atoms with Crippen LogP contribution in [-0.2, 0) is 10.0 Å². The first-order valence-electron chi connectivity index (χ1n) is 5.63. The molecule has 1 heterocycles. The summed E-state index contributed by atoms with van der Waals surface area (Å²) in [6.45, 7) is 4.20. The van der Waals surface area contributed by atoms with E-state index in [2.05, 4.69) is 20.6 Å². The zero-order chi connectivity index (χ0) is 13.8. The first-order chi connectivity index (χ1) is 8.31. The van der Waals surface area contributed by atoms with Crippen molar-refractivity contribution >= 4 is 21.7 Å². The molecular formula is C10H19N5O2S. The average molecular weight is 273 g/mol. The van der Waals surface area contributed by atoms with E-state index in [1.807, 2.05) is 13.8 Å². The second-order valence-corrected chi connectivity index (χ2v) is 5.93. The zero-order valence-corrected chi connectivity index (χ0v) is 11.6. The van der Waals surface area contributed by atoms with E-state index >= 15 is 0 Å². The van der Waals surface area contributed by atoms with Gasteiger partial charge >= 0.3 is 0 Å². The first-order valence-corrected chi connectivity index (χ1v) is 7.34. The van der Waals surface area contributed by atoms with Crippen molar-refractivity contribution < 1.29 is 8.42 Å². The standard InChI is InChI=1S/C10H19N5O2S/c1-7(2)10-14-8(12-3)6-9(15-10)13-4-5-18(11,16)17/h6-7H,4-5H2,1-3H3,(H2,11,16,17)(H2,12,13,14,15). The predicted octanol–water partition coefficient (Wildman–Crippen LogP) is 0.342. The summed E-state index contributed by atoms with van der Waals surface area (Å²) < 4.78 is 21.6. The molecule has 0 amide bonds. The van der Waals surface area contributed by atoms with Crippen molar-refractivity contribution in [2.24, 2.45) is 5.14 Å². The van der Waals surface area contributed by atoms with Gasteiger partial charge in [0.05, 0.1) is 5.75 Å². The second kappa shape index (κ2) is 5.96. The maximum absolute atomic E-state index is 10.8. The molecule has 0 unspecified atom stereocenters. The number of hydrogen-bond donors (Lipinski definition) is 3. The zero-order valence-electron chi connectivity index (χ0n) is 10.8. The van der Waals surface area contributed by atoms with Crippen LogP contribution < -0.4 is 15.8 Å². The summed E-state index contributed by atoms with van der Waals surface area (Å²) in [4.78, 5) is 8.61. The highest BCUT2D eigenvalue weighted by Crippen LogP contribution is 2.16. The lowest BCUT2D eigenvalue weighted by Gasteiger charge is -2.11. The van der Waals surface area contributed by atoms with E-state index in [0.717, 1.165) is 0 Å². The third-order valence-electron chi connectivity index (χ3n) is 2.21. The molecule has 0 aliphatic rings.